The van der Waals surface area contributed by atoms with Gasteiger partial charge >= 0.3 is 0 Å². The lowest BCUT2D eigenvalue weighted by Gasteiger charge is -2.14. The third-order valence-electron chi connectivity index (χ3n) is 3.41. The van der Waals surface area contributed by atoms with Crippen molar-refractivity contribution in [3.63, 3.8) is 0 Å². The summed E-state index contributed by atoms with van der Waals surface area (Å²) in [6.45, 7) is 1.90. The number of hydrogen-bond donors (Lipinski definition) is 1. The molecule has 1 aromatic carbocycles. The van der Waals surface area contributed by atoms with Gasteiger partial charge in [0.15, 0.2) is 5.17 Å². The number of hydrogen-bond acceptors (Lipinski definition) is 6. The summed E-state index contributed by atoms with van der Waals surface area (Å²) in [5, 5.41) is 5.77. The van der Waals surface area contributed by atoms with E-state index < -0.39 is 0 Å². The van der Waals surface area contributed by atoms with Crippen molar-refractivity contribution in [1.29, 1.82) is 0 Å². The van der Waals surface area contributed by atoms with E-state index in [1.807, 2.05) is 12.3 Å². The van der Waals surface area contributed by atoms with Gasteiger partial charge in [0, 0.05) is 11.8 Å². The number of rotatable bonds is 4. The number of methoxy groups -OCH3 is 1. The molecule has 1 N–H and O–H groups in total. The molecule has 0 aliphatic carbocycles. The van der Waals surface area contributed by atoms with Crippen LogP contribution in [0.5, 0.6) is 5.75 Å². The van der Waals surface area contributed by atoms with E-state index in [1.54, 1.807) is 31.4 Å². The Morgan fingerprint density at radius 1 is 1.42 bits per heavy atom. The lowest BCUT2D eigenvalue weighted by Crippen LogP contribution is -2.24. The highest BCUT2D eigenvalue weighted by molar-refractivity contribution is 8.17. The summed E-state index contributed by atoms with van der Waals surface area (Å²) in [7, 11) is 1.57. The maximum absolute atomic E-state index is 12.1. The monoisotopic (exact) mass is 361 g/mol. The number of carbonyl (C=O) groups excluding carboxylic acids is 2. The maximum Gasteiger partial charge on any atom is 0.262 e. The van der Waals surface area contributed by atoms with Crippen LogP contribution in [0.25, 0.3) is 0 Å². The Morgan fingerprint density at radius 2 is 2.25 bits per heavy atom. The van der Waals surface area contributed by atoms with Crippen molar-refractivity contribution in [3.8, 4) is 5.75 Å². The van der Waals surface area contributed by atoms with Crippen molar-refractivity contribution in [3.05, 3.63) is 35.2 Å². The number of fused-ring (bicyclic) bond motifs is 1. The molecule has 1 atom stereocenters. The number of nitrogens with one attached hydrogen (secondary N) is 1. The van der Waals surface area contributed by atoms with E-state index in [2.05, 4.69) is 15.3 Å². The quantitative estimate of drug-likeness (QED) is 0.892. The molecule has 0 saturated heterocycles. The van der Waals surface area contributed by atoms with Crippen LogP contribution in [0.3, 0.4) is 0 Å². The second kappa shape index (κ2) is 7.23. The Bertz CT molecular complexity index is 787. The highest BCUT2D eigenvalue weighted by Gasteiger charge is 2.34. The zero-order chi connectivity index (χ0) is 17.1. The lowest BCUT2D eigenvalue weighted by molar-refractivity contribution is -0.118. The summed E-state index contributed by atoms with van der Waals surface area (Å²) in [6, 6.07) is 7.11. The molecule has 2 heterocycles. The molecule has 0 bridgehead atoms. The van der Waals surface area contributed by atoms with Gasteiger partial charge in [-0.3, -0.25) is 9.59 Å². The first kappa shape index (κ1) is 16.8. The zero-order valence-electron chi connectivity index (χ0n) is 13.1. The number of anilines is 1. The van der Waals surface area contributed by atoms with Gasteiger partial charge in [-0.2, -0.15) is 4.99 Å². The summed E-state index contributed by atoms with van der Waals surface area (Å²) < 4.78 is 5.11. The maximum atomic E-state index is 12.1. The van der Waals surface area contributed by atoms with Crippen molar-refractivity contribution in [1.82, 2.24) is 0 Å². The third kappa shape index (κ3) is 3.70. The Morgan fingerprint density at radius 3 is 3.04 bits per heavy atom. The molecule has 2 aliphatic rings. The average molecular weight is 361 g/mol. The number of thioether (sulfide) groups is 2. The fourth-order valence-corrected chi connectivity index (χ4v) is 3.96. The molecule has 1 aromatic rings. The number of aliphatic imine (C=N–C) groups is 2. The molecule has 1 unspecified atom stereocenters. The van der Waals surface area contributed by atoms with Gasteiger partial charge < -0.3 is 10.1 Å². The van der Waals surface area contributed by atoms with Crippen LogP contribution in [0.4, 0.5) is 5.69 Å². The Balaban J connectivity index is 1.57. The zero-order valence-corrected chi connectivity index (χ0v) is 14.7. The Kier molecular flexibility index (Phi) is 5.06. The number of benzene rings is 1. The van der Waals surface area contributed by atoms with Crippen LogP contribution in [-0.4, -0.2) is 34.9 Å². The van der Waals surface area contributed by atoms with Crippen molar-refractivity contribution < 1.29 is 14.3 Å². The van der Waals surface area contributed by atoms with E-state index >= 15 is 0 Å². The molecule has 124 valence electrons. The van der Waals surface area contributed by atoms with Crippen molar-refractivity contribution >= 4 is 51.2 Å². The Labute approximate surface area is 147 Å². The van der Waals surface area contributed by atoms with Crippen molar-refractivity contribution in [2.75, 3.05) is 18.2 Å². The highest BCUT2D eigenvalue weighted by Crippen LogP contribution is 2.35. The van der Waals surface area contributed by atoms with Gasteiger partial charge in [-0.05, 0) is 30.0 Å². The van der Waals surface area contributed by atoms with E-state index in [-0.39, 0.29) is 23.5 Å². The van der Waals surface area contributed by atoms with Crippen LogP contribution < -0.4 is 10.1 Å². The topological polar surface area (TPSA) is 80.1 Å². The first-order valence-corrected chi connectivity index (χ1v) is 9.04. The average Bonchev–Trinajstić information content (AvgIpc) is 2.95. The molecular weight excluding hydrogens is 346 g/mol. The van der Waals surface area contributed by atoms with Crippen LogP contribution in [0, 0.1) is 5.92 Å². The van der Waals surface area contributed by atoms with E-state index in [0.29, 0.717) is 16.6 Å². The van der Waals surface area contributed by atoms with Gasteiger partial charge in [0.2, 0.25) is 5.91 Å². The number of carbonyl (C=O) groups is 2. The van der Waals surface area contributed by atoms with E-state index in [0.717, 1.165) is 22.4 Å². The minimum atomic E-state index is -0.329. The minimum Gasteiger partial charge on any atom is -0.497 e. The highest BCUT2D eigenvalue weighted by atomic mass is 32.2. The number of amidine groups is 1. The molecule has 0 spiro atoms. The van der Waals surface area contributed by atoms with Crippen LogP contribution in [0.15, 0.2) is 45.2 Å². The van der Waals surface area contributed by atoms with Crippen LogP contribution >= 0.6 is 23.5 Å². The molecule has 2 aliphatic heterocycles. The van der Waals surface area contributed by atoms with Gasteiger partial charge in [-0.15, -0.1) is 0 Å². The van der Waals surface area contributed by atoms with Crippen molar-refractivity contribution in [2.24, 2.45) is 15.9 Å². The number of nitrogens with zero attached hydrogens (tertiary/aromatic N) is 2. The normalized spacial score (nSPS) is 19.2. The lowest BCUT2D eigenvalue weighted by atomic mass is 10.0. The molecule has 0 aromatic heterocycles. The molecule has 0 fully saturated rings. The van der Waals surface area contributed by atoms with Gasteiger partial charge in [0.05, 0.1) is 17.9 Å². The molecule has 0 radical (unpaired) electrons. The third-order valence-corrected chi connectivity index (χ3v) is 5.32. The molecule has 3 rings (SSSR count). The number of amides is 2. The molecule has 0 saturated carbocycles. The summed E-state index contributed by atoms with van der Waals surface area (Å²) in [6.07, 6.45) is 0. The standard InChI is InChI=1S/C16H15N3O3S2/c1-9-7-23-15-13(9)14(21)18-16(19-15)24-8-12(20)17-10-4-3-5-11(6-10)22-2/h3-7,13H,8H2,1-2H3,(H,17,20). The van der Waals surface area contributed by atoms with E-state index in [1.165, 1.54) is 11.8 Å². The fraction of sp³-hybridized carbons (Fsp3) is 0.250. The van der Waals surface area contributed by atoms with E-state index in [9.17, 15) is 9.59 Å². The first-order chi connectivity index (χ1) is 11.6. The molecule has 8 heteroatoms. The summed E-state index contributed by atoms with van der Waals surface area (Å²) >= 11 is 2.59. The summed E-state index contributed by atoms with van der Waals surface area (Å²) in [5.41, 5.74) is 1.62. The molecule has 24 heavy (non-hydrogen) atoms. The van der Waals surface area contributed by atoms with Gasteiger partial charge in [0.25, 0.3) is 5.91 Å². The predicted octanol–water partition coefficient (Wildman–Crippen LogP) is 2.93. The van der Waals surface area contributed by atoms with Crippen LogP contribution in [-0.2, 0) is 9.59 Å². The second-order valence-electron chi connectivity index (χ2n) is 5.16. The van der Waals surface area contributed by atoms with Gasteiger partial charge in [-0.1, -0.05) is 29.6 Å². The first-order valence-electron chi connectivity index (χ1n) is 7.18. The summed E-state index contributed by atoms with van der Waals surface area (Å²) in [4.78, 5) is 32.4. The van der Waals surface area contributed by atoms with Crippen LogP contribution in [0.1, 0.15) is 6.92 Å². The van der Waals surface area contributed by atoms with Crippen molar-refractivity contribution in [2.45, 2.75) is 6.92 Å². The van der Waals surface area contributed by atoms with Gasteiger partial charge in [0.1, 0.15) is 11.7 Å². The predicted molar refractivity (Wildman–Crippen MR) is 98.8 cm³/mol. The smallest absolute Gasteiger partial charge is 0.262 e. The van der Waals surface area contributed by atoms with Crippen LogP contribution in [0.2, 0.25) is 0 Å². The summed E-state index contributed by atoms with van der Waals surface area (Å²) in [5.74, 6) is 0.0572. The SMILES string of the molecule is COc1cccc(NC(=O)CSC2=NC(=O)C3C(C)=CSC3=N2)c1. The Hall–Kier alpha value is -2.06. The van der Waals surface area contributed by atoms with Gasteiger partial charge in [-0.25, -0.2) is 4.99 Å². The second-order valence-corrected chi connectivity index (χ2v) is 7.00. The largest absolute Gasteiger partial charge is 0.497 e. The van der Waals surface area contributed by atoms with E-state index in [4.69, 9.17) is 4.74 Å². The number of ether oxygens (including phenoxy) is 1. The molecule has 2 amide bonds. The fourth-order valence-electron chi connectivity index (χ4n) is 2.25. The molecule has 6 nitrogen and oxygen atoms in total. The molecular formula is C16H15N3O3S2. The minimum absolute atomic E-state index is 0.127.